The fourth-order valence-electron chi connectivity index (χ4n) is 3.28. The quantitative estimate of drug-likeness (QED) is 0.874. The Balaban J connectivity index is 1.53. The van der Waals surface area contributed by atoms with Crippen molar-refractivity contribution < 1.29 is 9.90 Å². The Labute approximate surface area is 129 Å². The van der Waals surface area contributed by atoms with E-state index in [-0.39, 0.29) is 5.92 Å². The number of fused-ring (bicyclic) bond motifs is 1. The number of hydrogen-bond donors (Lipinski definition) is 2. The van der Waals surface area contributed by atoms with Crippen molar-refractivity contribution in [2.24, 2.45) is 5.92 Å². The van der Waals surface area contributed by atoms with E-state index in [0.29, 0.717) is 12.3 Å². The van der Waals surface area contributed by atoms with Crippen LogP contribution in [0.2, 0.25) is 0 Å². The summed E-state index contributed by atoms with van der Waals surface area (Å²) < 4.78 is 0. The lowest BCUT2D eigenvalue weighted by Crippen LogP contribution is -2.35. The third-order valence-corrected chi connectivity index (χ3v) is 5.80. The molecule has 0 saturated carbocycles. The van der Waals surface area contributed by atoms with Gasteiger partial charge < -0.3 is 15.3 Å². The number of aromatic nitrogens is 1. The topological polar surface area (TPSA) is 65.5 Å². The molecule has 0 amide bonds. The Kier molecular flexibility index (Phi) is 4.45. The van der Waals surface area contributed by atoms with E-state index in [0.717, 1.165) is 35.2 Å². The summed E-state index contributed by atoms with van der Waals surface area (Å²) in [6.07, 6.45) is 4.05. The molecule has 3 rings (SSSR count). The first-order valence-electron chi connectivity index (χ1n) is 7.86. The number of hydrogen-bond acceptors (Lipinski definition) is 5. The van der Waals surface area contributed by atoms with Crippen molar-refractivity contribution >= 4 is 22.4 Å². The van der Waals surface area contributed by atoms with Crippen molar-refractivity contribution in [1.29, 1.82) is 0 Å². The van der Waals surface area contributed by atoms with E-state index in [1.54, 1.807) is 11.3 Å². The van der Waals surface area contributed by atoms with Gasteiger partial charge in [-0.25, -0.2) is 4.98 Å². The summed E-state index contributed by atoms with van der Waals surface area (Å²) in [5.74, 6) is -0.418. The minimum absolute atomic E-state index is 0.389. The van der Waals surface area contributed by atoms with E-state index in [4.69, 9.17) is 0 Å². The van der Waals surface area contributed by atoms with Gasteiger partial charge in [0.15, 0.2) is 5.13 Å². The highest BCUT2D eigenvalue weighted by Gasteiger charge is 2.32. The largest absolute Gasteiger partial charge is 0.481 e. The van der Waals surface area contributed by atoms with Gasteiger partial charge in [0.1, 0.15) is 5.92 Å². The van der Waals surface area contributed by atoms with Crippen LogP contribution in [0.1, 0.15) is 42.7 Å². The number of nitrogens with zero attached hydrogens (tertiary/aromatic N) is 2. The number of carboxylic acids is 1. The monoisotopic (exact) mass is 309 g/mol. The van der Waals surface area contributed by atoms with Crippen LogP contribution in [0.4, 0.5) is 5.13 Å². The van der Waals surface area contributed by atoms with E-state index >= 15 is 0 Å². The van der Waals surface area contributed by atoms with Gasteiger partial charge in [0, 0.05) is 11.4 Å². The molecule has 0 aromatic carbocycles. The lowest BCUT2D eigenvalue weighted by molar-refractivity contribution is -0.138. The summed E-state index contributed by atoms with van der Waals surface area (Å²) in [6, 6.07) is 0. The van der Waals surface area contributed by atoms with Crippen molar-refractivity contribution in [2.75, 3.05) is 31.5 Å². The highest BCUT2D eigenvalue weighted by molar-refractivity contribution is 7.15. The first-order chi connectivity index (χ1) is 10.2. The smallest absolute Gasteiger partial charge is 0.312 e. The van der Waals surface area contributed by atoms with E-state index < -0.39 is 5.97 Å². The Bertz CT molecular complexity index is 509. The number of piperidine rings is 1. The van der Waals surface area contributed by atoms with Crippen LogP contribution in [-0.2, 0) is 11.2 Å². The van der Waals surface area contributed by atoms with Crippen LogP contribution in [0.5, 0.6) is 0 Å². The molecule has 1 aromatic heterocycles. The molecule has 2 aliphatic rings. The van der Waals surface area contributed by atoms with Crippen molar-refractivity contribution in [3.63, 3.8) is 0 Å². The predicted octanol–water partition coefficient (Wildman–Crippen LogP) is 2.40. The fraction of sp³-hybridized carbons (Fsp3) is 0.733. The molecule has 116 valence electrons. The zero-order valence-electron chi connectivity index (χ0n) is 12.5. The maximum Gasteiger partial charge on any atom is 0.312 e. The van der Waals surface area contributed by atoms with Crippen molar-refractivity contribution in [3.8, 4) is 0 Å². The van der Waals surface area contributed by atoms with Crippen LogP contribution in [0.25, 0.3) is 0 Å². The summed E-state index contributed by atoms with van der Waals surface area (Å²) >= 11 is 1.64. The van der Waals surface area contributed by atoms with Gasteiger partial charge >= 0.3 is 5.97 Å². The molecule has 5 nitrogen and oxygen atoms in total. The SMILES string of the molecule is CCN1CCC(CNc2nc3c(s2)CCC3C(=O)O)CC1. The number of likely N-dealkylation sites (tertiary alicyclic amines) is 1. The molecule has 2 heterocycles. The average molecular weight is 309 g/mol. The van der Waals surface area contributed by atoms with E-state index in [2.05, 4.69) is 22.1 Å². The highest BCUT2D eigenvalue weighted by atomic mass is 32.1. The number of anilines is 1. The van der Waals surface area contributed by atoms with Crippen LogP contribution in [0.15, 0.2) is 0 Å². The maximum absolute atomic E-state index is 11.2. The molecule has 1 aliphatic carbocycles. The number of aryl methyl sites for hydroxylation is 1. The summed E-state index contributed by atoms with van der Waals surface area (Å²) in [5.41, 5.74) is 0.802. The van der Waals surface area contributed by atoms with Gasteiger partial charge in [0.05, 0.1) is 5.69 Å². The van der Waals surface area contributed by atoms with E-state index in [1.807, 2.05) is 0 Å². The minimum Gasteiger partial charge on any atom is -0.481 e. The molecule has 21 heavy (non-hydrogen) atoms. The Morgan fingerprint density at radius 2 is 2.19 bits per heavy atom. The molecule has 1 aliphatic heterocycles. The van der Waals surface area contributed by atoms with Crippen LogP contribution >= 0.6 is 11.3 Å². The first-order valence-corrected chi connectivity index (χ1v) is 8.67. The third-order valence-electron chi connectivity index (χ3n) is 4.71. The number of carbonyl (C=O) groups is 1. The lowest BCUT2D eigenvalue weighted by atomic mass is 9.97. The molecule has 1 fully saturated rings. The third kappa shape index (κ3) is 3.21. The van der Waals surface area contributed by atoms with Crippen LogP contribution in [0.3, 0.4) is 0 Å². The predicted molar refractivity (Wildman–Crippen MR) is 84.1 cm³/mol. The number of rotatable bonds is 5. The zero-order chi connectivity index (χ0) is 14.8. The van der Waals surface area contributed by atoms with Crippen LogP contribution in [-0.4, -0.2) is 47.1 Å². The minimum atomic E-state index is -0.738. The van der Waals surface area contributed by atoms with Gasteiger partial charge in [-0.15, -0.1) is 11.3 Å². The van der Waals surface area contributed by atoms with Gasteiger partial charge in [-0.2, -0.15) is 0 Å². The van der Waals surface area contributed by atoms with Crippen molar-refractivity contribution in [2.45, 2.75) is 38.5 Å². The highest BCUT2D eigenvalue weighted by Crippen LogP contribution is 2.38. The zero-order valence-corrected chi connectivity index (χ0v) is 13.3. The van der Waals surface area contributed by atoms with Crippen molar-refractivity contribution in [3.05, 3.63) is 10.6 Å². The molecular formula is C15H23N3O2S. The maximum atomic E-state index is 11.2. The average Bonchev–Trinajstić information content (AvgIpc) is 3.05. The molecule has 0 radical (unpaired) electrons. The summed E-state index contributed by atoms with van der Waals surface area (Å²) in [6.45, 7) is 6.71. The molecule has 6 heteroatoms. The van der Waals surface area contributed by atoms with Crippen molar-refractivity contribution in [1.82, 2.24) is 9.88 Å². The molecule has 1 saturated heterocycles. The normalized spacial score (nSPS) is 23.2. The van der Waals surface area contributed by atoms with Crippen LogP contribution in [0, 0.1) is 5.92 Å². The molecule has 0 spiro atoms. The van der Waals surface area contributed by atoms with Gasteiger partial charge in [0.2, 0.25) is 0 Å². The van der Waals surface area contributed by atoms with Gasteiger partial charge in [-0.3, -0.25) is 4.79 Å². The first kappa shape index (κ1) is 14.8. The van der Waals surface area contributed by atoms with Crippen LogP contribution < -0.4 is 5.32 Å². The molecule has 1 aromatic rings. The van der Waals surface area contributed by atoms with E-state index in [9.17, 15) is 9.90 Å². The second-order valence-electron chi connectivity index (χ2n) is 6.02. The summed E-state index contributed by atoms with van der Waals surface area (Å²) in [4.78, 5) is 19.4. The van der Waals surface area contributed by atoms with Gasteiger partial charge in [0.25, 0.3) is 0 Å². The molecule has 0 bridgehead atoms. The van der Waals surface area contributed by atoms with E-state index in [1.165, 1.54) is 25.9 Å². The second-order valence-corrected chi connectivity index (χ2v) is 7.10. The number of thiazole rings is 1. The van der Waals surface area contributed by atoms with Gasteiger partial charge in [-0.1, -0.05) is 6.92 Å². The molecule has 2 N–H and O–H groups in total. The molecule has 1 atom stereocenters. The van der Waals surface area contributed by atoms with Gasteiger partial charge in [-0.05, 0) is 51.2 Å². The number of carboxylic acid groups (broad SMARTS) is 1. The number of nitrogens with one attached hydrogen (secondary N) is 1. The Morgan fingerprint density at radius 3 is 2.86 bits per heavy atom. The Morgan fingerprint density at radius 1 is 1.43 bits per heavy atom. The number of aliphatic carboxylic acids is 1. The molecular weight excluding hydrogens is 286 g/mol. The Hall–Kier alpha value is -1.14. The summed E-state index contributed by atoms with van der Waals surface area (Å²) in [7, 11) is 0. The lowest BCUT2D eigenvalue weighted by Gasteiger charge is -2.30. The standard InChI is InChI=1S/C15H23N3O2S/c1-2-18-7-5-10(6-8-18)9-16-15-17-13-11(14(19)20)3-4-12(13)21-15/h10-11H,2-9H2,1H3,(H,16,17)(H,19,20). The second kappa shape index (κ2) is 6.32. The molecule has 1 unspecified atom stereocenters. The summed E-state index contributed by atoms with van der Waals surface area (Å²) in [5, 5.41) is 13.5. The fourth-order valence-corrected chi connectivity index (χ4v) is 4.33.